The van der Waals surface area contributed by atoms with Crippen molar-refractivity contribution in [3.63, 3.8) is 0 Å². The summed E-state index contributed by atoms with van der Waals surface area (Å²) in [4.78, 5) is 0. The number of benzene rings is 1. The molecule has 0 aliphatic carbocycles. The van der Waals surface area contributed by atoms with Gasteiger partial charge in [0.25, 0.3) is 0 Å². The highest BCUT2D eigenvalue weighted by Gasteiger charge is 2.11. The third kappa shape index (κ3) is 4.66. The number of hydrogen-bond acceptors (Lipinski definition) is 3. The van der Waals surface area contributed by atoms with Gasteiger partial charge in [-0.05, 0) is 30.7 Å². The topological polar surface area (TPSA) is 52.3 Å². The lowest BCUT2D eigenvalue weighted by Crippen LogP contribution is -2.18. The largest absolute Gasteiger partial charge is 0.496 e. The summed E-state index contributed by atoms with van der Waals surface area (Å²) >= 11 is 5.92. The van der Waals surface area contributed by atoms with Gasteiger partial charge in [0.05, 0.1) is 12.9 Å². The fourth-order valence-electron chi connectivity index (χ4n) is 1.48. The SMILES string of the molecule is COc1ccc(Cl)cc1CS(=O)CC(C)CN. The molecular weight excluding hydrogens is 258 g/mol. The minimum atomic E-state index is -0.940. The molecule has 0 aliphatic heterocycles. The first kappa shape index (κ1) is 14.5. The summed E-state index contributed by atoms with van der Waals surface area (Å²) < 4.78 is 17.1. The van der Waals surface area contributed by atoms with Crippen LogP contribution in [0.25, 0.3) is 0 Å². The van der Waals surface area contributed by atoms with Gasteiger partial charge >= 0.3 is 0 Å². The van der Waals surface area contributed by atoms with Gasteiger partial charge in [0, 0.05) is 27.1 Å². The van der Waals surface area contributed by atoms with Crippen LogP contribution in [0.1, 0.15) is 12.5 Å². The molecule has 0 amide bonds. The Balaban J connectivity index is 2.73. The van der Waals surface area contributed by atoms with E-state index in [0.29, 0.717) is 23.1 Å². The summed E-state index contributed by atoms with van der Waals surface area (Å²) in [5.74, 6) is 2.05. The molecule has 2 N–H and O–H groups in total. The Morgan fingerprint density at radius 2 is 2.24 bits per heavy atom. The zero-order valence-corrected chi connectivity index (χ0v) is 11.7. The molecule has 0 aromatic heterocycles. The molecule has 0 heterocycles. The Labute approximate surface area is 110 Å². The Kier molecular flexibility index (Phi) is 5.95. The smallest absolute Gasteiger partial charge is 0.123 e. The minimum absolute atomic E-state index is 0.265. The highest BCUT2D eigenvalue weighted by atomic mass is 35.5. The number of hydrogen-bond donors (Lipinski definition) is 1. The van der Waals surface area contributed by atoms with Crippen molar-refractivity contribution in [2.24, 2.45) is 11.7 Å². The molecule has 1 rings (SSSR count). The second-order valence-electron chi connectivity index (χ2n) is 4.05. The van der Waals surface area contributed by atoms with Crippen LogP contribution in [0.15, 0.2) is 18.2 Å². The van der Waals surface area contributed by atoms with E-state index in [0.717, 1.165) is 11.3 Å². The van der Waals surface area contributed by atoms with E-state index < -0.39 is 10.8 Å². The Hall–Kier alpha value is -0.580. The number of halogens is 1. The van der Waals surface area contributed by atoms with E-state index in [1.54, 1.807) is 25.3 Å². The first-order valence-electron chi connectivity index (χ1n) is 5.44. The molecule has 1 aromatic rings. The number of ether oxygens (including phenoxy) is 1. The van der Waals surface area contributed by atoms with Gasteiger partial charge in [-0.25, -0.2) is 0 Å². The van der Waals surface area contributed by atoms with E-state index in [-0.39, 0.29) is 5.92 Å². The summed E-state index contributed by atoms with van der Waals surface area (Å²) in [6.45, 7) is 2.55. The standard InChI is InChI=1S/C12H18ClNO2S/c1-9(6-14)7-17(15)8-10-5-11(13)3-4-12(10)16-2/h3-5,9H,6-8,14H2,1-2H3. The zero-order chi connectivity index (χ0) is 12.8. The van der Waals surface area contributed by atoms with Crippen molar-refractivity contribution in [2.45, 2.75) is 12.7 Å². The fraction of sp³-hybridized carbons (Fsp3) is 0.500. The maximum absolute atomic E-state index is 11.9. The van der Waals surface area contributed by atoms with Gasteiger partial charge in [-0.3, -0.25) is 4.21 Å². The van der Waals surface area contributed by atoms with E-state index in [1.165, 1.54) is 0 Å². The molecule has 0 aliphatic rings. The molecule has 17 heavy (non-hydrogen) atoms. The molecule has 5 heteroatoms. The van der Waals surface area contributed by atoms with Crippen molar-refractivity contribution in [1.29, 1.82) is 0 Å². The van der Waals surface area contributed by atoms with Crippen LogP contribution in [0.2, 0.25) is 5.02 Å². The van der Waals surface area contributed by atoms with Crippen LogP contribution in [0, 0.1) is 5.92 Å². The second-order valence-corrected chi connectivity index (χ2v) is 5.99. The molecule has 0 saturated carbocycles. The van der Waals surface area contributed by atoms with E-state index >= 15 is 0 Å². The maximum Gasteiger partial charge on any atom is 0.123 e. The van der Waals surface area contributed by atoms with Crippen LogP contribution in [-0.4, -0.2) is 23.6 Å². The number of rotatable bonds is 6. The third-order valence-electron chi connectivity index (χ3n) is 2.43. The Morgan fingerprint density at radius 3 is 2.82 bits per heavy atom. The average Bonchev–Trinajstić information content (AvgIpc) is 2.29. The van der Waals surface area contributed by atoms with Gasteiger partial charge in [-0.2, -0.15) is 0 Å². The van der Waals surface area contributed by atoms with E-state index in [1.807, 2.05) is 6.92 Å². The van der Waals surface area contributed by atoms with Crippen molar-refractivity contribution in [3.8, 4) is 5.75 Å². The predicted octanol–water partition coefficient (Wildman–Crippen LogP) is 2.19. The summed E-state index contributed by atoms with van der Waals surface area (Å²) in [6.07, 6.45) is 0. The Morgan fingerprint density at radius 1 is 1.53 bits per heavy atom. The highest BCUT2D eigenvalue weighted by Crippen LogP contribution is 2.24. The normalized spacial score (nSPS) is 14.4. The van der Waals surface area contributed by atoms with Gasteiger partial charge in [0.15, 0.2) is 0 Å². The summed E-state index contributed by atoms with van der Waals surface area (Å²) in [5, 5.41) is 0.629. The highest BCUT2D eigenvalue weighted by molar-refractivity contribution is 7.84. The molecule has 96 valence electrons. The fourth-order valence-corrected chi connectivity index (χ4v) is 3.13. The van der Waals surface area contributed by atoms with Crippen molar-refractivity contribution in [2.75, 3.05) is 19.4 Å². The summed E-state index contributed by atoms with van der Waals surface area (Å²) in [6, 6.07) is 5.35. The van der Waals surface area contributed by atoms with Crippen LogP contribution in [-0.2, 0) is 16.6 Å². The third-order valence-corrected chi connectivity index (χ3v) is 4.24. The van der Waals surface area contributed by atoms with Gasteiger partial charge in [-0.15, -0.1) is 0 Å². The van der Waals surface area contributed by atoms with E-state index in [9.17, 15) is 4.21 Å². The molecule has 0 radical (unpaired) electrons. The minimum Gasteiger partial charge on any atom is -0.496 e. The van der Waals surface area contributed by atoms with Crippen LogP contribution in [0.5, 0.6) is 5.75 Å². The van der Waals surface area contributed by atoms with Crippen molar-refractivity contribution < 1.29 is 8.95 Å². The molecular formula is C12H18ClNO2S. The molecule has 2 unspecified atom stereocenters. The molecule has 0 saturated heterocycles. The first-order chi connectivity index (χ1) is 8.06. The van der Waals surface area contributed by atoms with E-state index in [2.05, 4.69) is 0 Å². The summed E-state index contributed by atoms with van der Waals surface area (Å²) in [5.41, 5.74) is 6.39. The lowest BCUT2D eigenvalue weighted by molar-refractivity contribution is 0.411. The maximum atomic E-state index is 11.9. The van der Waals surface area contributed by atoms with Gasteiger partial charge in [0.1, 0.15) is 5.75 Å². The van der Waals surface area contributed by atoms with Gasteiger partial charge in [0.2, 0.25) is 0 Å². The van der Waals surface area contributed by atoms with Gasteiger partial charge in [-0.1, -0.05) is 18.5 Å². The van der Waals surface area contributed by atoms with Crippen LogP contribution >= 0.6 is 11.6 Å². The predicted molar refractivity (Wildman–Crippen MR) is 72.9 cm³/mol. The van der Waals surface area contributed by atoms with Crippen LogP contribution in [0.4, 0.5) is 0 Å². The zero-order valence-electron chi connectivity index (χ0n) is 10.1. The second kappa shape index (κ2) is 6.99. The van der Waals surface area contributed by atoms with Crippen molar-refractivity contribution in [1.82, 2.24) is 0 Å². The van der Waals surface area contributed by atoms with Crippen LogP contribution in [0.3, 0.4) is 0 Å². The molecule has 0 bridgehead atoms. The van der Waals surface area contributed by atoms with Gasteiger partial charge < -0.3 is 10.5 Å². The van der Waals surface area contributed by atoms with Crippen LogP contribution < -0.4 is 10.5 Å². The van der Waals surface area contributed by atoms with E-state index in [4.69, 9.17) is 22.1 Å². The first-order valence-corrected chi connectivity index (χ1v) is 7.31. The lowest BCUT2D eigenvalue weighted by atomic mass is 10.2. The molecule has 0 fully saturated rings. The monoisotopic (exact) mass is 275 g/mol. The molecule has 1 aromatic carbocycles. The summed E-state index contributed by atoms with van der Waals surface area (Å²) in [7, 11) is 0.656. The van der Waals surface area contributed by atoms with Crippen molar-refractivity contribution >= 4 is 22.4 Å². The quantitative estimate of drug-likeness (QED) is 0.866. The molecule has 0 spiro atoms. The number of nitrogens with two attached hydrogens (primary N) is 1. The molecule has 3 nitrogen and oxygen atoms in total. The Bertz CT molecular complexity index is 398. The molecule has 2 atom stereocenters. The number of methoxy groups -OCH3 is 1. The van der Waals surface area contributed by atoms with Crippen molar-refractivity contribution in [3.05, 3.63) is 28.8 Å². The average molecular weight is 276 g/mol. The lowest BCUT2D eigenvalue weighted by Gasteiger charge is -2.11.